The molecule has 5 rings (SSSR count). The molecular formula is C25H28ClN3O3S. The third-order valence-corrected chi connectivity index (χ3v) is 9.24. The smallest absolute Gasteiger partial charge is 0.243 e. The van der Waals surface area contributed by atoms with E-state index in [1.54, 1.807) is 16.4 Å². The average molecular weight is 486 g/mol. The maximum Gasteiger partial charge on any atom is 0.243 e. The number of rotatable bonds is 4. The lowest BCUT2D eigenvalue weighted by Gasteiger charge is -2.52. The Balaban J connectivity index is 1.49. The molecule has 0 aliphatic carbocycles. The average Bonchev–Trinajstić information content (AvgIpc) is 3.30. The van der Waals surface area contributed by atoms with Crippen molar-refractivity contribution < 1.29 is 13.2 Å². The fraction of sp³-hybridized carbons (Fsp3) is 0.360. The molecule has 0 N–H and O–H groups in total. The number of nitrogens with zero attached hydrogens (tertiary/aromatic N) is 3. The Labute approximate surface area is 200 Å². The fourth-order valence-electron chi connectivity index (χ4n) is 5.44. The van der Waals surface area contributed by atoms with Gasteiger partial charge in [0.2, 0.25) is 10.0 Å². The maximum atomic E-state index is 13.4. The summed E-state index contributed by atoms with van der Waals surface area (Å²) < 4.78 is 35.8. The number of benzene rings is 2. The van der Waals surface area contributed by atoms with Gasteiger partial charge in [0.25, 0.3) is 0 Å². The molecule has 0 saturated carbocycles. The van der Waals surface area contributed by atoms with Gasteiger partial charge >= 0.3 is 0 Å². The predicted molar refractivity (Wildman–Crippen MR) is 131 cm³/mol. The van der Waals surface area contributed by atoms with Gasteiger partial charge in [-0.15, -0.1) is 0 Å². The number of aromatic nitrogens is 1. The second-order valence-electron chi connectivity index (χ2n) is 8.73. The Kier molecular flexibility index (Phi) is 5.46. The number of piperidine rings is 1. The topological polar surface area (TPSA) is 54.8 Å². The van der Waals surface area contributed by atoms with Gasteiger partial charge < -0.3 is 14.2 Å². The molecule has 0 radical (unpaired) electrons. The Bertz CT molecular complexity index is 1310. The summed E-state index contributed by atoms with van der Waals surface area (Å²) in [5.74, 6) is 0.462. The molecule has 8 heteroatoms. The molecule has 2 aliphatic heterocycles. The van der Waals surface area contributed by atoms with Crippen LogP contribution in [0.3, 0.4) is 0 Å². The number of hydrogen-bond acceptors (Lipinski definition) is 4. The molecule has 33 heavy (non-hydrogen) atoms. The van der Waals surface area contributed by atoms with Crippen LogP contribution in [0.15, 0.2) is 59.6 Å². The normalized spacial score (nSPS) is 17.6. The second kappa shape index (κ2) is 8.08. The number of aryl methyl sites for hydroxylation is 1. The van der Waals surface area contributed by atoms with Crippen LogP contribution >= 0.6 is 11.6 Å². The van der Waals surface area contributed by atoms with Crippen molar-refractivity contribution in [3.63, 3.8) is 0 Å². The summed E-state index contributed by atoms with van der Waals surface area (Å²) in [6, 6.07) is 15.5. The molecule has 0 atom stereocenters. The highest BCUT2D eigenvalue weighted by Gasteiger charge is 2.48. The van der Waals surface area contributed by atoms with E-state index in [-0.39, 0.29) is 10.4 Å². The number of hydrogen-bond donors (Lipinski definition) is 0. The van der Waals surface area contributed by atoms with Gasteiger partial charge in [0, 0.05) is 31.5 Å². The van der Waals surface area contributed by atoms with Crippen molar-refractivity contribution in [3.8, 4) is 11.4 Å². The quantitative estimate of drug-likeness (QED) is 0.523. The van der Waals surface area contributed by atoms with Gasteiger partial charge in [-0.05, 0) is 74.7 Å². The first-order valence-corrected chi connectivity index (χ1v) is 13.0. The number of halogens is 1. The summed E-state index contributed by atoms with van der Waals surface area (Å²) in [6.07, 6.45) is 3.53. The van der Waals surface area contributed by atoms with Crippen LogP contribution in [0.5, 0.6) is 5.75 Å². The van der Waals surface area contributed by atoms with Crippen molar-refractivity contribution in [1.29, 1.82) is 0 Å². The highest BCUT2D eigenvalue weighted by molar-refractivity contribution is 7.89. The third-order valence-electron chi connectivity index (χ3n) is 7.05. The molecule has 2 aliphatic rings. The summed E-state index contributed by atoms with van der Waals surface area (Å²) in [7, 11) is -2.14. The highest BCUT2D eigenvalue weighted by Crippen LogP contribution is 2.48. The van der Waals surface area contributed by atoms with Gasteiger partial charge in [-0.3, -0.25) is 0 Å². The van der Waals surface area contributed by atoms with Gasteiger partial charge in [0.15, 0.2) is 0 Å². The molecule has 3 heterocycles. The minimum absolute atomic E-state index is 0.199. The number of fused-ring (bicyclic) bond motifs is 4. The van der Waals surface area contributed by atoms with E-state index < -0.39 is 10.0 Å². The Morgan fingerprint density at radius 2 is 1.82 bits per heavy atom. The minimum atomic E-state index is -3.65. The van der Waals surface area contributed by atoms with Crippen LogP contribution in [-0.4, -0.2) is 44.0 Å². The first-order chi connectivity index (χ1) is 15.8. The summed E-state index contributed by atoms with van der Waals surface area (Å²) in [4.78, 5) is 2.67. The van der Waals surface area contributed by atoms with E-state index in [0.29, 0.717) is 36.7 Å². The summed E-state index contributed by atoms with van der Waals surface area (Å²) >= 11 is 6.22. The van der Waals surface area contributed by atoms with Crippen molar-refractivity contribution in [3.05, 3.63) is 71.0 Å². The molecule has 6 nitrogen and oxygen atoms in total. The Hall–Kier alpha value is -2.48. The molecule has 0 bridgehead atoms. The zero-order valence-corrected chi connectivity index (χ0v) is 20.7. The zero-order valence-electron chi connectivity index (χ0n) is 19.1. The first kappa shape index (κ1) is 22.3. The van der Waals surface area contributed by atoms with Crippen LogP contribution in [0.2, 0.25) is 5.02 Å². The van der Waals surface area contributed by atoms with Gasteiger partial charge in [-0.1, -0.05) is 17.7 Å². The van der Waals surface area contributed by atoms with Gasteiger partial charge in [0.1, 0.15) is 5.75 Å². The minimum Gasteiger partial charge on any atom is -0.495 e. The van der Waals surface area contributed by atoms with E-state index in [4.69, 9.17) is 16.3 Å². The van der Waals surface area contributed by atoms with E-state index >= 15 is 0 Å². The van der Waals surface area contributed by atoms with E-state index in [9.17, 15) is 8.42 Å². The van der Waals surface area contributed by atoms with E-state index in [1.807, 2.05) is 0 Å². The van der Waals surface area contributed by atoms with E-state index in [1.165, 1.54) is 35.8 Å². The highest BCUT2D eigenvalue weighted by atomic mass is 35.5. The Morgan fingerprint density at radius 1 is 1.06 bits per heavy atom. The molecule has 3 aromatic rings. The zero-order chi connectivity index (χ0) is 23.4. The maximum absolute atomic E-state index is 13.4. The van der Waals surface area contributed by atoms with Gasteiger partial charge in [-0.25, -0.2) is 8.42 Å². The number of ether oxygens (including phenoxy) is 1. The SMILES string of the molecule is CCN1c2cc(C)ccc2-n2cccc2C12CCN(S(=O)(=O)c1ccc(OC)c(Cl)c1)CC2. The number of methoxy groups -OCH3 is 1. The Morgan fingerprint density at radius 3 is 2.48 bits per heavy atom. The van der Waals surface area contributed by atoms with Crippen LogP contribution in [0.4, 0.5) is 5.69 Å². The lowest BCUT2D eigenvalue weighted by molar-refractivity contribution is 0.215. The van der Waals surface area contributed by atoms with Crippen molar-refractivity contribution >= 4 is 27.3 Å². The monoisotopic (exact) mass is 485 g/mol. The van der Waals surface area contributed by atoms with Crippen molar-refractivity contribution in [2.45, 2.75) is 37.1 Å². The lowest BCUT2D eigenvalue weighted by Crippen LogP contribution is -2.56. The second-order valence-corrected chi connectivity index (χ2v) is 11.1. The predicted octanol–water partition coefficient (Wildman–Crippen LogP) is 4.97. The van der Waals surface area contributed by atoms with Crippen LogP contribution < -0.4 is 9.64 Å². The van der Waals surface area contributed by atoms with Crippen molar-refractivity contribution in [2.75, 3.05) is 31.6 Å². The lowest BCUT2D eigenvalue weighted by atomic mass is 9.81. The van der Waals surface area contributed by atoms with Crippen LogP contribution in [0.1, 0.15) is 31.0 Å². The summed E-state index contributed by atoms with van der Waals surface area (Å²) in [6.45, 7) is 6.02. The molecule has 0 amide bonds. The van der Waals surface area contributed by atoms with E-state index in [2.05, 4.69) is 59.8 Å². The van der Waals surface area contributed by atoms with Crippen molar-refractivity contribution in [1.82, 2.24) is 8.87 Å². The van der Waals surface area contributed by atoms with Crippen LogP contribution in [-0.2, 0) is 15.6 Å². The molecule has 2 aromatic carbocycles. The third kappa shape index (κ3) is 3.36. The summed E-state index contributed by atoms with van der Waals surface area (Å²) in [5, 5.41) is 0.293. The van der Waals surface area contributed by atoms with Crippen LogP contribution in [0.25, 0.3) is 5.69 Å². The number of sulfonamides is 1. The van der Waals surface area contributed by atoms with Crippen molar-refractivity contribution in [2.24, 2.45) is 0 Å². The molecule has 174 valence electrons. The molecule has 1 saturated heterocycles. The van der Waals surface area contributed by atoms with Gasteiger partial charge in [-0.2, -0.15) is 4.31 Å². The fourth-order valence-corrected chi connectivity index (χ4v) is 7.24. The van der Waals surface area contributed by atoms with Crippen LogP contribution in [0, 0.1) is 6.92 Å². The molecule has 1 aromatic heterocycles. The van der Waals surface area contributed by atoms with E-state index in [0.717, 1.165) is 6.54 Å². The largest absolute Gasteiger partial charge is 0.495 e. The summed E-state index contributed by atoms with van der Waals surface area (Å²) in [5.41, 5.74) is 4.58. The molecule has 1 fully saturated rings. The standard InChI is InChI=1S/C25H28ClN3O3S/c1-4-29-22-16-18(2)7-9-21(22)28-13-5-6-24(28)25(29)11-14-27(15-12-25)33(30,31)19-8-10-23(32-3)20(26)17-19/h5-10,13,16-17H,4,11-12,14-15H2,1-3H3. The first-order valence-electron chi connectivity index (χ1n) is 11.2. The molecular weight excluding hydrogens is 458 g/mol. The van der Waals surface area contributed by atoms with Gasteiger partial charge in [0.05, 0.1) is 33.9 Å². The molecule has 1 spiro atoms. The number of anilines is 1. The molecule has 0 unspecified atom stereocenters.